The minimum absolute atomic E-state index is 0.712. The van der Waals surface area contributed by atoms with Gasteiger partial charge in [0.05, 0.1) is 5.69 Å². The lowest BCUT2D eigenvalue weighted by molar-refractivity contribution is 0.565. The predicted molar refractivity (Wildman–Crippen MR) is 66.1 cm³/mol. The number of aryl methyl sites for hydroxylation is 1. The Hall–Kier alpha value is -1.70. The molecular weight excluding hydrogens is 218 g/mol. The molecule has 1 aromatic heterocycles. The third-order valence-electron chi connectivity index (χ3n) is 2.32. The molecule has 0 saturated heterocycles. The lowest BCUT2D eigenvalue weighted by atomic mass is 10.1. The van der Waals surface area contributed by atoms with Gasteiger partial charge >= 0.3 is 0 Å². The molecule has 0 amide bonds. The zero-order valence-corrected chi connectivity index (χ0v) is 9.75. The highest BCUT2D eigenvalue weighted by Gasteiger charge is 2.03. The Bertz CT molecular complexity index is 538. The fourth-order valence-electron chi connectivity index (χ4n) is 1.59. The van der Waals surface area contributed by atoms with Crippen LogP contribution in [0.5, 0.6) is 0 Å². The number of isocyanates is 1. The van der Waals surface area contributed by atoms with Crippen LogP contribution in [-0.4, -0.2) is 6.08 Å². The van der Waals surface area contributed by atoms with Crippen molar-refractivity contribution in [1.82, 2.24) is 0 Å². The zero-order chi connectivity index (χ0) is 11.4. The van der Waals surface area contributed by atoms with Crippen molar-refractivity contribution >= 4 is 23.1 Å². The maximum atomic E-state index is 10.3. The molecule has 0 aliphatic carbocycles. The lowest BCUT2D eigenvalue weighted by Gasteiger charge is -2.01. The average molecular weight is 229 g/mol. The van der Waals surface area contributed by atoms with Crippen LogP contribution in [0.15, 0.2) is 41.4 Å². The van der Waals surface area contributed by atoms with E-state index in [1.165, 1.54) is 9.75 Å². The standard InChI is InChI=1S/C13H11NOS/c1-10-6-7-12(16-10)8-11-4-2-3-5-13(11)14-9-15/h2-7H,8H2,1H3. The summed E-state index contributed by atoms with van der Waals surface area (Å²) in [5.74, 6) is 0. The number of hydrogen-bond donors (Lipinski definition) is 0. The fourth-order valence-corrected chi connectivity index (χ4v) is 2.50. The van der Waals surface area contributed by atoms with Gasteiger partial charge in [-0.3, -0.25) is 0 Å². The SMILES string of the molecule is Cc1ccc(Cc2ccccc2N=C=O)s1. The van der Waals surface area contributed by atoms with E-state index in [1.54, 1.807) is 17.4 Å². The Balaban J connectivity index is 2.30. The summed E-state index contributed by atoms with van der Waals surface area (Å²) in [7, 11) is 0. The Morgan fingerprint density at radius 3 is 2.75 bits per heavy atom. The summed E-state index contributed by atoms with van der Waals surface area (Å²) in [4.78, 5) is 16.6. The van der Waals surface area contributed by atoms with Crippen molar-refractivity contribution in [3.05, 3.63) is 51.7 Å². The summed E-state index contributed by atoms with van der Waals surface area (Å²) in [6, 6.07) is 11.9. The minimum atomic E-state index is 0.712. The second kappa shape index (κ2) is 4.88. The topological polar surface area (TPSA) is 29.4 Å². The van der Waals surface area contributed by atoms with E-state index in [2.05, 4.69) is 24.0 Å². The molecule has 1 aromatic carbocycles. The first kappa shape index (κ1) is 10.8. The highest BCUT2D eigenvalue weighted by Crippen LogP contribution is 2.24. The van der Waals surface area contributed by atoms with Crippen molar-refractivity contribution in [3.63, 3.8) is 0 Å². The van der Waals surface area contributed by atoms with Crippen molar-refractivity contribution in [2.45, 2.75) is 13.3 Å². The van der Waals surface area contributed by atoms with Crippen molar-refractivity contribution in [3.8, 4) is 0 Å². The van der Waals surface area contributed by atoms with Crippen LogP contribution in [0.4, 0.5) is 5.69 Å². The molecule has 0 spiro atoms. The van der Waals surface area contributed by atoms with Gasteiger partial charge in [-0.1, -0.05) is 18.2 Å². The van der Waals surface area contributed by atoms with Crippen LogP contribution in [0.1, 0.15) is 15.3 Å². The monoisotopic (exact) mass is 229 g/mol. The van der Waals surface area contributed by atoms with Gasteiger partial charge in [-0.15, -0.1) is 11.3 Å². The minimum Gasteiger partial charge on any atom is -0.211 e. The first-order chi connectivity index (χ1) is 7.79. The molecule has 3 heteroatoms. The highest BCUT2D eigenvalue weighted by atomic mass is 32.1. The van der Waals surface area contributed by atoms with E-state index in [0.29, 0.717) is 5.69 Å². The molecule has 80 valence electrons. The molecule has 1 heterocycles. The fraction of sp³-hybridized carbons (Fsp3) is 0.154. The van der Waals surface area contributed by atoms with Gasteiger partial charge in [-0.05, 0) is 30.7 Å². The number of para-hydroxylation sites is 1. The van der Waals surface area contributed by atoms with E-state index in [0.717, 1.165) is 12.0 Å². The van der Waals surface area contributed by atoms with E-state index in [9.17, 15) is 4.79 Å². The van der Waals surface area contributed by atoms with Crippen LogP contribution in [0, 0.1) is 6.92 Å². The molecule has 2 rings (SSSR count). The number of thiophene rings is 1. The lowest BCUT2D eigenvalue weighted by Crippen LogP contribution is -1.84. The number of aliphatic imine (C=N–C) groups is 1. The second-order valence-electron chi connectivity index (χ2n) is 3.52. The van der Waals surface area contributed by atoms with E-state index < -0.39 is 0 Å². The van der Waals surface area contributed by atoms with Crippen molar-refractivity contribution < 1.29 is 4.79 Å². The molecular formula is C13H11NOS. The quantitative estimate of drug-likeness (QED) is 0.584. The smallest absolute Gasteiger partial charge is 0.211 e. The first-order valence-corrected chi connectivity index (χ1v) is 5.82. The van der Waals surface area contributed by atoms with Crippen LogP contribution < -0.4 is 0 Å². The summed E-state index contributed by atoms with van der Waals surface area (Å²) >= 11 is 1.77. The van der Waals surface area contributed by atoms with Crippen molar-refractivity contribution in [2.75, 3.05) is 0 Å². The van der Waals surface area contributed by atoms with Gasteiger partial charge in [0, 0.05) is 16.2 Å². The van der Waals surface area contributed by atoms with E-state index in [1.807, 2.05) is 24.3 Å². The van der Waals surface area contributed by atoms with Crippen LogP contribution in [0.25, 0.3) is 0 Å². The molecule has 0 unspecified atom stereocenters. The van der Waals surface area contributed by atoms with Gasteiger partial charge < -0.3 is 0 Å². The van der Waals surface area contributed by atoms with Gasteiger partial charge in [-0.2, -0.15) is 4.99 Å². The molecule has 0 fully saturated rings. The molecule has 0 bridgehead atoms. The van der Waals surface area contributed by atoms with Crippen LogP contribution >= 0.6 is 11.3 Å². The van der Waals surface area contributed by atoms with Gasteiger partial charge in [0.15, 0.2) is 0 Å². The predicted octanol–water partition coefficient (Wildman–Crippen LogP) is 3.61. The Morgan fingerprint density at radius 2 is 2.06 bits per heavy atom. The van der Waals surface area contributed by atoms with Crippen molar-refractivity contribution in [1.29, 1.82) is 0 Å². The summed E-state index contributed by atoms with van der Waals surface area (Å²) in [6.45, 7) is 2.09. The van der Waals surface area contributed by atoms with Gasteiger partial charge in [0.2, 0.25) is 6.08 Å². The normalized spacial score (nSPS) is 9.81. The van der Waals surface area contributed by atoms with Crippen LogP contribution in [-0.2, 0) is 11.2 Å². The Morgan fingerprint density at radius 1 is 1.25 bits per heavy atom. The maximum absolute atomic E-state index is 10.3. The Labute approximate surface area is 98.3 Å². The number of carbonyl (C=O) groups excluding carboxylic acids is 1. The van der Waals surface area contributed by atoms with Crippen molar-refractivity contribution in [2.24, 2.45) is 4.99 Å². The van der Waals surface area contributed by atoms with Crippen LogP contribution in [0.2, 0.25) is 0 Å². The summed E-state index contributed by atoms with van der Waals surface area (Å²) in [6.07, 6.45) is 2.41. The third-order valence-corrected chi connectivity index (χ3v) is 3.32. The summed E-state index contributed by atoms with van der Waals surface area (Å²) < 4.78 is 0. The highest BCUT2D eigenvalue weighted by molar-refractivity contribution is 7.11. The zero-order valence-electron chi connectivity index (χ0n) is 8.93. The third kappa shape index (κ3) is 2.45. The maximum Gasteiger partial charge on any atom is 0.240 e. The molecule has 0 saturated carbocycles. The molecule has 0 atom stereocenters. The van der Waals surface area contributed by atoms with Crippen LogP contribution in [0.3, 0.4) is 0 Å². The average Bonchev–Trinajstić information content (AvgIpc) is 2.67. The molecule has 0 aliphatic heterocycles. The molecule has 2 aromatic rings. The first-order valence-electron chi connectivity index (χ1n) is 5.00. The van der Waals surface area contributed by atoms with Gasteiger partial charge in [-0.25, -0.2) is 4.79 Å². The summed E-state index contributed by atoms with van der Waals surface area (Å²) in [5, 5.41) is 0. The summed E-state index contributed by atoms with van der Waals surface area (Å²) in [5.41, 5.74) is 1.77. The Kier molecular flexibility index (Phi) is 3.30. The molecule has 0 N–H and O–H groups in total. The number of nitrogens with zero attached hydrogens (tertiary/aromatic N) is 1. The molecule has 16 heavy (non-hydrogen) atoms. The van der Waals surface area contributed by atoms with Gasteiger partial charge in [0.1, 0.15) is 0 Å². The molecule has 2 nitrogen and oxygen atoms in total. The van der Waals surface area contributed by atoms with E-state index in [4.69, 9.17) is 0 Å². The number of rotatable bonds is 3. The van der Waals surface area contributed by atoms with E-state index >= 15 is 0 Å². The van der Waals surface area contributed by atoms with E-state index in [-0.39, 0.29) is 0 Å². The molecule has 0 aliphatic rings. The number of hydrogen-bond acceptors (Lipinski definition) is 3. The molecule has 0 radical (unpaired) electrons. The van der Waals surface area contributed by atoms with Gasteiger partial charge in [0.25, 0.3) is 0 Å². The number of benzene rings is 1. The largest absolute Gasteiger partial charge is 0.240 e. The second-order valence-corrected chi connectivity index (χ2v) is 4.89.